The van der Waals surface area contributed by atoms with Crippen LogP contribution in [-0.2, 0) is 4.79 Å². The molecule has 2 rings (SSSR count). The van der Waals surface area contributed by atoms with E-state index in [0.29, 0.717) is 23.7 Å². The molecule has 0 aromatic heterocycles. The Hall–Kier alpha value is -2.54. The van der Waals surface area contributed by atoms with Gasteiger partial charge in [-0.15, -0.1) is 0 Å². The number of nitrogens with one attached hydrogen (secondary N) is 2. The zero-order valence-electron chi connectivity index (χ0n) is 15.5. The van der Waals surface area contributed by atoms with Crippen LogP contribution in [0.5, 0.6) is 11.5 Å². The van der Waals surface area contributed by atoms with Gasteiger partial charge in [0.2, 0.25) is 0 Å². The maximum Gasteiger partial charge on any atom is 0.276 e. The highest BCUT2D eigenvalue weighted by molar-refractivity contribution is 9.10. The Kier molecular flexibility index (Phi) is 7.67. The van der Waals surface area contributed by atoms with Crippen LogP contribution in [0, 0.1) is 0 Å². The van der Waals surface area contributed by atoms with Crippen LogP contribution in [-0.4, -0.2) is 25.0 Å². The van der Waals surface area contributed by atoms with Gasteiger partial charge in [0, 0.05) is 4.47 Å². The summed E-state index contributed by atoms with van der Waals surface area (Å²) >= 11 is 3.32. The quantitative estimate of drug-likeness (QED) is 0.649. The van der Waals surface area contributed by atoms with Crippen molar-refractivity contribution in [3.05, 3.63) is 58.1 Å². The normalized spacial score (nSPS) is 10.4. The van der Waals surface area contributed by atoms with Crippen LogP contribution in [0.1, 0.15) is 42.6 Å². The van der Waals surface area contributed by atoms with Gasteiger partial charge in [-0.1, -0.05) is 48.0 Å². The molecule has 0 unspecified atom stereocenters. The summed E-state index contributed by atoms with van der Waals surface area (Å²) in [5.41, 5.74) is 6.07. The van der Waals surface area contributed by atoms with Crippen molar-refractivity contribution in [1.29, 1.82) is 0 Å². The molecule has 2 N–H and O–H groups in total. The van der Waals surface area contributed by atoms with Gasteiger partial charge in [0.1, 0.15) is 11.5 Å². The number of carbonyl (C=O) groups is 2. The molecule has 0 saturated carbocycles. The lowest BCUT2D eigenvalue weighted by Gasteiger charge is -2.14. The van der Waals surface area contributed by atoms with Crippen LogP contribution >= 0.6 is 15.9 Å². The number of hydrogen-bond acceptors (Lipinski definition) is 4. The standard InChI is InChI=1S/C20H23BrN2O4/c1-4-26-18-10-9-14(21)11-16(18)20(25)23-22-19(24)12-27-17-8-6-5-7-15(17)13(2)3/h5-11,13H,4,12H2,1-3H3,(H,22,24)(H,23,25). The molecule has 0 atom stereocenters. The summed E-state index contributed by atoms with van der Waals surface area (Å²) in [5, 5.41) is 0. The van der Waals surface area contributed by atoms with Gasteiger partial charge in [-0.25, -0.2) is 0 Å². The van der Waals surface area contributed by atoms with E-state index in [1.165, 1.54) is 0 Å². The van der Waals surface area contributed by atoms with Crippen LogP contribution in [0.3, 0.4) is 0 Å². The van der Waals surface area contributed by atoms with E-state index < -0.39 is 11.8 Å². The van der Waals surface area contributed by atoms with E-state index >= 15 is 0 Å². The second-order valence-corrected chi connectivity index (χ2v) is 6.97. The SMILES string of the molecule is CCOc1ccc(Br)cc1C(=O)NNC(=O)COc1ccccc1C(C)C. The van der Waals surface area contributed by atoms with Crippen molar-refractivity contribution >= 4 is 27.7 Å². The van der Waals surface area contributed by atoms with Gasteiger partial charge in [-0.3, -0.25) is 20.4 Å². The largest absolute Gasteiger partial charge is 0.493 e. The number of halogens is 1. The zero-order chi connectivity index (χ0) is 19.8. The predicted molar refractivity (Wildman–Crippen MR) is 107 cm³/mol. The Morgan fingerprint density at radius 1 is 1.04 bits per heavy atom. The molecule has 0 aliphatic heterocycles. The number of rotatable bonds is 7. The van der Waals surface area contributed by atoms with E-state index in [1.54, 1.807) is 18.2 Å². The molecule has 0 fully saturated rings. The maximum absolute atomic E-state index is 12.3. The molecule has 0 bridgehead atoms. The smallest absolute Gasteiger partial charge is 0.276 e. The summed E-state index contributed by atoms with van der Waals surface area (Å²) in [6, 6.07) is 12.7. The predicted octanol–water partition coefficient (Wildman–Crippen LogP) is 3.81. The summed E-state index contributed by atoms with van der Waals surface area (Å²) < 4.78 is 11.8. The van der Waals surface area contributed by atoms with Crippen LogP contribution < -0.4 is 20.3 Å². The summed E-state index contributed by atoms with van der Waals surface area (Å²) in [4.78, 5) is 24.4. The van der Waals surface area contributed by atoms with Gasteiger partial charge in [-0.2, -0.15) is 0 Å². The average molecular weight is 435 g/mol. The average Bonchev–Trinajstić information content (AvgIpc) is 2.66. The van der Waals surface area contributed by atoms with Crippen molar-refractivity contribution < 1.29 is 19.1 Å². The summed E-state index contributed by atoms with van der Waals surface area (Å²) in [6.45, 7) is 6.16. The minimum Gasteiger partial charge on any atom is -0.493 e. The topological polar surface area (TPSA) is 76.7 Å². The zero-order valence-corrected chi connectivity index (χ0v) is 17.1. The summed E-state index contributed by atoms with van der Waals surface area (Å²) in [7, 11) is 0. The van der Waals surface area contributed by atoms with Gasteiger partial charge in [0.05, 0.1) is 12.2 Å². The molecule has 0 spiro atoms. The Morgan fingerprint density at radius 3 is 2.48 bits per heavy atom. The van der Waals surface area contributed by atoms with Gasteiger partial charge in [0.15, 0.2) is 6.61 Å². The first kappa shape index (κ1) is 20.8. The minimum atomic E-state index is -0.476. The Balaban J connectivity index is 1.93. The van der Waals surface area contributed by atoms with Crippen LogP contribution in [0.25, 0.3) is 0 Å². The van der Waals surface area contributed by atoms with Gasteiger partial charge in [0.25, 0.3) is 11.8 Å². The van der Waals surface area contributed by atoms with Crippen molar-refractivity contribution in [2.75, 3.05) is 13.2 Å². The molecule has 2 aromatic carbocycles. The van der Waals surface area contributed by atoms with E-state index in [2.05, 4.69) is 40.6 Å². The van der Waals surface area contributed by atoms with Crippen molar-refractivity contribution in [3.63, 3.8) is 0 Å². The fourth-order valence-corrected chi connectivity index (χ4v) is 2.78. The molecular weight excluding hydrogens is 412 g/mol. The third-order valence-corrected chi connectivity index (χ3v) is 4.19. The Morgan fingerprint density at radius 2 is 1.78 bits per heavy atom. The first-order chi connectivity index (χ1) is 12.9. The van der Waals surface area contributed by atoms with Gasteiger partial charge >= 0.3 is 0 Å². The fourth-order valence-electron chi connectivity index (χ4n) is 2.42. The second kappa shape index (κ2) is 9.97. The third kappa shape index (κ3) is 5.99. The second-order valence-electron chi connectivity index (χ2n) is 6.06. The van der Waals surface area contributed by atoms with Crippen LogP contribution in [0.2, 0.25) is 0 Å². The molecule has 2 aromatic rings. The summed E-state index contributed by atoms with van der Waals surface area (Å²) in [5.74, 6) is 0.428. The number of hydrogen-bond donors (Lipinski definition) is 2. The van der Waals surface area contributed by atoms with E-state index in [1.807, 2.05) is 31.2 Å². The molecule has 27 heavy (non-hydrogen) atoms. The van der Waals surface area contributed by atoms with Crippen molar-refractivity contribution in [3.8, 4) is 11.5 Å². The lowest BCUT2D eigenvalue weighted by molar-refractivity contribution is -0.123. The molecule has 0 heterocycles. The lowest BCUT2D eigenvalue weighted by atomic mass is 10.0. The highest BCUT2D eigenvalue weighted by Crippen LogP contribution is 2.26. The number of benzene rings is 2. The van der Waals surface area contributed by atoms with Crippen molar-refractivity contribution in [1.82, 2.24) is 10.9 Å². The number of amides is 2. The van der Waals surface area contributed by atoms with E-state index in [9.17, 15) is 9.59 Å². The molecule has 0 aliphatic carbocycles. The first-order valence-corrected chi connectivity index (χ1v) is 9.45. The summed E-state index contributed by atoms with van der Waals surface area (Å²) in [6.07, 6.45) is 0. The van der Waals surface area contributed by atoms with Crippen molar-refractivity contribution in [2.24, 2.45) is 0 Å². The van der Waals surface area contributed by atoms with Gasteiger partial charge < -0.3 is 9.47 Å². The monoisotopic (exact) mass is 434 g/mol. The third-order valence-electron chi connectivity index (χ3n) is 3.70. The highest BCUT2D eigenvalue weighted by Gasteiger charge is 2.15. The molecule has 2 amide bonds. The number of ether oxygens (including phenoxy) is 2. The fraction of sp³-hybridized carbons (Fsp3) is 0.300. The van der Waals surface area contributed by atoms with E-state index in [0.717, 1.165) is 10.0 Å². The number of carbonyl (C=O) groups excluding carboxylic acids is 2. The molecule has 0 radical (unpaired) electrons. The lowest BCUT2D eigenvalue weighted by Crippen LogP contribution is -2.44. The van der Waals surface area contributed by atoms with Crippen LogP contribution in [0.4, 0.5) is 0 Å². The van der Waals surface area contributed by atoms with Crippen molar-refractivity contribution in [2.45, 2.75) is 26.7 Å². The molecule has 0 aliphatic rings. The maximum atomic E-state index is 12.3. The highest BCUT2D eigenvalue weighted by atomic mass is 79.9. The Bertz CT molecular complexity index is 808. The number of para-hydroxylation sites is 1. The molecule has 6 nitrogen and oxygen atoms in total. The molecular formula is C20H23BrN2O4. The van der Waals surface area contributed by atoms with Crippen LogP contribution in [0.15, 0.2) is 46.9 Å². The molecule has 144 valence electrons. The Labute approximate surface area is 167 Å². The van der Waals surface area contributed by atoms with E-state index in [4.69, 9.17) is 9.47 Å². The first-order valence-electron chi connectivity index (χ1n) is 8.65. The molecule has 0 saturated heterocycles. The number of hydrazine groups is 1. The van der Waals surface area contributed by atoms with Gasteiger partial charge in [-0.05, 0) is 42.7 Å². The van der Waals surface area contributed by atoms with E-state index in [-0.39, 0.29) is 12.5 Å². The minimum absolute atomic E-state index is 0.208. The molecule has 7 heteroatoms.